The number of amides is 1. The fraction of sp³-hybridized carbons (Fsp3) is 0.889. The van der Waals surface area contributed by atoms with E-state index in [1.807, 2.05) is 0 Å². The Balaban J connectivity index is 1.80. The molecule has 5 nitrogen and oxygen atoms in total. The maximum absolute atomic E-state index is 11.7. The minimum atomic E-state index is -2.84. The van der Waals surface area contributed by atoms with Crippen molar-refractivity contribution in [3.8, 4) is 0 Å². The van der Waals surface area contributed by atoms with Crippen molar-refractivity contribution < 1.29 is 13.2 Å². The van der Waals surface area contributed by atoms with E-state index in [1.54, 1.807) is 11.8 Å². The van der Waals surface area contributed by atoms with Gasteiger partial charge in [0.25, 0.3) is 0 Å². The molecule has 0 aromatic rings. The number of nitrogens with one attached hydrogen (secondary N) is 2. The summed E-state index contributed by atoms with van der Waals surface area (Å²) >= 11 is 1.70. The van der Waals surface area contributed by atoms with Gasteiger partial charge >= 0.3 is 0 Å². The standard InChI is InChI=1S/C9H16N2O3S2/c12-9(8-5-15-6-10-8)11-7-1-3-16(13,14)4-2-7/h7-8,10H,1-6H2,(H,11,12). The van der Waals surface area contributed by atoms with Gasteiger partial charge in [0.05, 0.1) is 17.5 Å². The normalized spacial score (nSPS) is 30.1. The molecule has 1 unspecified atom stereocenters. The van der Waals surface area contributed by atoms with Gasteiger partial charge in [-0.2, -0.15) is 0 Å². The summed E-state index contributed by atoms with van der Waals surface area (Å²) in [5.41, 5.74) is 0. The second-order valence-corrected chi connectivity index (χ2v) is 7.54. The second kappa shape index (κ2) is 4.93. The summed E-state index contributed by atoms with van der Waals surface area (Å²) < 4.78 is 22.4. The van der Waals surface area contributed by atoms with E-state index in [2.05, 4.69) is 10.6 Å². The van der Waals surface area contributed by atoms with E-state index in [1.165, 1.54) is 0 Å². The van der Waals surface area contributed by atoms with Gasteiger partial charge in [-0.05, 0) is 12.8 Å². The molecule has 0 saturated carbocycles. The number of thioether (sulfide) groups is 1. The van der Waals surface area contributed by atoms with E-state index >= 15 is 0 Å². The SMILES string of the molecule is O=C(NC1CCS(=O)(=O)CC1)C1CSCN1. The fourth-order valence-corrected chi connectivity index (χ4v) is 4.33. The van der Waals surface area contributed by atoms with Crippen LogP contribution in [0.2, 0.25) is 0 Å². The maximum atomic E-state index is 11.7. The summed E-state index contributed by atoms with van der Waals surface area (Å²) in [5.74, 6) is 2.03. The van der Waals surface area contributed by atoms with Crippen LogP contribution in [0.5, 0.6) is 0 Å². The predicted octanol–water partition coefficient (Wildman–Crippen LogP) is -0.658. The smallest absolute Gasteiger partial charge is 0.238 e. The van der Waals surface area contributed by atoms with E-state index in [9.17, 15) is 13.2 Å². The number of sulfone groups is 1. The van der Waals surface area contributed by atoms with Gasteiger partial charge in [-0.3, -0.25) is 10.1 Å². The van der Waals surface area contributed by atoms with Crippen molar-refractivity contribution in [1.82, 2.24) is 10.6 Å². The first-order valence-corrected chi connectivity index (χ1v) is 8.36. The van der Waals surface area contributed by atoms with Crippen LogP contribution < -0.4 is 10.6 Å². The van der Waals surface area contributed by atoms with Gasteiger partial charge < -0.3 is 5.32 Å². The Morgan fingerprint density at radius 2 is 2.00 bits per heavy atom. The Hall–Kier alpha value is -0.270. The highest BCUT2D eigenvalue weighted by atomic mass is 32.2. The summed E-state index contributed by atoms with van der Waals surface area (Å²) in [5, 5.41) is 6.01. The molecular formula is C9H16N2O3S2. The lowest BCUT2D eigenvalue weighted by atomic mass is 10.1. The van der Waals surface area contributed by atoms with Gasteiger partial charge in [-0.15, -0.1) is 11.8 Å². The topological polar surface area (TPSA) is 75.3 Å². The van der Waals surface area contributed by atoms with Crippen LogP contribution in [-0.4, -0.2) is 49.5 Å². The Kier molecular flexibility index (Phi) is 3.76. The average molecular weight is 264 g/mol. The van der Waals surface area contributed by atoms with Crippen LogP contribution in [0.4, 0.5) is 0 Å². The summed E-state index contributed by atoms with van der Waals surface area (Å²) in [7, 11) is -2.84. The van der Waals surface area contributed by atoms with Crippen molar-refractivity contribution in [1.29, 1.82) is 0 Å². The predicted molar refractivity (Wildman–Crippen MR) is 64.1 cm³/mol. The molecule has 0 bridgehead atoms. The molecule has 2 heterocycles. The van der Waals surface area contributed by atoms with Crippen molar-refractivity contribution >= 4 is 27.5 Å². The minimum absolute atomic E-state index is 0.00861. The lowest BCUT2D eigenvalue weighted by Gasteiger charge is -2.24. The summed E-state index contributed by atoms with van der Waals surface area (Å²) in [6, 6.07) is -0.0769. The van der Waals surface area contributed by atoms with E-state index in [4.69, 9.17) is 0 Å². The molecule has 2 saturated heterocycles. The molecule has 0 aromatic heterocycles. The van der Waals surface area contributed by atoms with E-state index in [0.717, 1.165) is 11.6 Å². The van der Waals surface area contributed by atoms with Crippen molar-refractivity contribution in [3.63, 3.8) is 0 Å². The zero-order valence-corrected chi connectivity index (χ0v) is 10.6. The second-order valence-electron chi connectivity index (χ2n) is 4.21. The van der Waals surface area contributed by atoms with E-state index < -0.39 is 9.84 Å². The Labute approximate surface area is 99.7 Å². The van der Waals surface area contributed by atoms with Crippen LogP contribution in [-0.2, 0) is 14.6 Å². The molecule has 92 valence electrons. The minimum Gasteiger partial charge on any atom is -0.352 e. The molecule has 0 radical (unpaired) electrons. The van der Waals surface area contributed by atoms with Crippen LogP contribution in [0, 0.1) is 0 Å². The molecule has 2 aliphatic rings. The first-order valence-electron chi connectivity index (χ1n) is 5.39. The van der Waals surface area contributed by atoms with Gasteiger partial charge in [-0.1, -0.05) is 0 Å². The van der Waals surface area contributed by atoms with Crippen molar-refractivity contribution in [3.05, 3.63) is 0 Å². The van der Waals surface area contributed by atoms with Crippen LogP contribution in [0.15, 0.2) is 0 Å². The quantitative estimate of drug-likeness (QED) is 0.693. The van der Waals surface area contributed by atoms with Gasteiger partial charge in [-0.25, -0.2) is 8.42 Å². The monoisotopic (exact) mass is 264 g/mol. The van der Waals surface area contributed by atoms with Crippen molar-refractivity contribution in [2.45, 2.75) is 24.9 Å². The number of rotatable bonds is 2. The molecule has 2 N–H and O–H groups in total. The highest BCUT2D eigenvalue weighted by Crippen LogP contribution is 2.14. The largest absolute Gasteiger partial charge is 0.352 e. The maximum Gasteiger partial charge on any atom is 0.238 e. The summed E-state index contributed by atoms with van der Waals surface area (Å²) in [6.45, 7) is 0. The average Bonchev–Trinajstić information content (AvgIpc) is 2.74. The molecular weight excluding hydrogens is 248 g/mol. The Bertz CT molecular complexity index is 349. The first kappa shape index (κ1) is 12.2. The lowest BCUT2D eigenvalue weighted by molar-refractivity contribution is -0.123. The highest BCUT2D eigenvalue weighted by Gasteiger charge is 2.28. The number of carbonyl (C=O) groups excluding carboxylic acids is 1. The number of hydrogen-bond donors (Lipinski definition) is 2. The number of carbonyl (C=O) groups is 1. The molecule has 2 rings (SSSR count). The van der Waals surface area contributed by atoms with Crippen molar-refractivity contribution in [2.24, 2.45) is 0 Å². The van der Waals surface area contributed by atoms with Crippen LogP contribution >= 0.6 is 11.8 Å². The molecule has 0 spiro atoms. The Morgan fingerprint density at radius 3 is 2.56 bits per heavy atom. The molecule has 16 heavy (non-hydrogen) atoms. The molecule has 0 aliphatic carbocycles. The third kappa shape index (κ3) is 3.11. The molecule has 7 heteroatoms. The van der Waals surface area contributed by atoms with Crippen LogP contribution in [0.1, 0.15) is 12.8 Å². The van der Waals surface area contributed by atoms with Gasteiger partial charge in [0.15, 0.2) is 0 Å². The van der Waals surface area contributed by atoms with Gasteiger partial charge in [0.2, 0.25) is 5.91 Å². The first-order chi connectivity index (χ1) is 7.57. The zero-order valence-electron chi connectivity index (χ0n) is 8.94. The van der Waals surface area contributed by atoms with Crippen molar-refractivity contribution in [2.75, 3.05) is 23.1 Å². The van der Waals surface area contributed by atoms with Gasteiger partial charge in [0.1, 0.15) is 9.84 Å². The van der Waals surface area contributed by atoms with E-state index in [0.29, 0.717) is 12.8 Å². The third-order valence-corrected chi connectivity index (χ3v) is 5.59. The molecule has 2 fully saturated rings. The third-order valence-electron chi connectivity index (χ3n) is 2.93. The molecule has 2 aliphatic heterocycles. The molecule has 0 aromatic carbocycles. The Morgan fingerprint density at radius 1 is 1.31 bits per heavy atom. The van der Waals surface area contributed by atoms with Gasteiger partial charge in [0, 0.05) is 17.7 Å². The molecule has 1 amide bonds. The number of hydrogen-bond acceptors (Lipinski definition) is 5. The summed E-state index contributed by atoms with van der Waals surface area (Å²) in [6.07, 6.45) is 1.10. The van der Waals surface area contributed by atoms with Crippen LogP contribution in [0.25, 0.3) is 0 Å². The lowest BCUT2D eigenvalue weighted by Crippen LogP contribution is -2.48. The highest BCUT2D eigenvalue weighted by molar-refractivity contribution is 7.99. The van der Waals surface area contributed by atoms with Crippen LogP contribution in [0.3, 0.4) is 0 Å². The van der Waals surface area contributed by atoms with E-state index in [-0.39, 0.29) is 29.5 Å². The summed E-state index contributed by atoms with van der Waals surface area (Å²) in [4.78, 5) is 11.7. The zero-order chi connectivity index (χ0) is 11.6. The molecule has 1 atom stereocenters. The fourth-order valence-electron chi connectivity index (χ4n) is 1.90.